The van der Waals surface area contributed by atoms with Crippen LogP contribution in [-0.2, 0) is 6.54 Å². The van der Waals surface area contributed by atoms with Crippen LogP contribution < -0.4 is 5.73 Å². The summed E-state index contributed by atoms with van der Waals surface area (Å²) in [5.41, 5.74) is 6.99. The van der Waals surface area contributed by atoms with Crippen molar-refractivity contribution in [2.45, 2.75) is 6.54 Å². The van der Waals surface area contributed by atoms with Crippen LogP contribution in [0.4, 0.5) is 10.1 Å². The van der Waals surface area contributed by atoms with Crippen molar-refractivity contribution in [2.24, 2.45) is 16.0 Å². The van der Waals surface area contributed by atoms with Gasteiger partial charge in [-0.1, -0.05) is 28.1 Å². The summed E-state index contributed by atoms with van der Waals surface area (Å²) in [7, 11) is 0. The van der Waals surface area contributed by atoms with Crippen LogP contribution in [0.2, 0.25) is 0 Å². The molecule has 0 fully saturated rings. The zero-order valence-corrected chi connectivity index (χ0v) is 16.6. The van der Waals surface area contributed by atoms with Crippen LogP contribution in [0.5, 0.6) is 5.88 Å². The molecule has 0 radical (unpaired) electrons. The lowest BCUT2D eigenvalue weighted by atomic mass is 10.2. The van der Waals surface area contributed by atoms with E-state index in [0.29, 0.717) is 16.5 Å². The number of rotatable bonds is 3. The topological polar surface area (TPSA) is 75.9 Å². The van der Waals surface area contributed by atoms with E-state index in [1.165, 1.54) is 12.1 Å². The Bertz CT molecular complexity index is 1020. The third-order valence-corrected chi connectivity index (χ3v) is 4.64. The van der Waals surface area contributed by atoms with Crippen LogP contribution in [0, 0.1) is 5.82 Å². The Morgan fingerprint density at radius 1 is 1.28 bits per heavy atom. The number of aromatic nitrogens is 1. The van der Waals surface area contributed by atoms with Gasteiger partial charge in [0.15, 0.2) is 5.69 Å². The molecule has 0 aliphatic rings. The summed E-state index contributed by atoms with van der Waals surface area (Å²) < 4.78 is 16.6. The summed E-state index contributed by atoms with van der Waals surface area (Å²) >= 11 is 11.6. The molecule has 3 rings (SSSR count). The minimum atomic E-state index is -0.344. The quantitative estimate of drug-likeness (QED) is 0.386. The summed E-state index contributed by atoms with van der Waals surface area (Å²) in [4.78, 5) is 0. The van der Waals surface area contributed by atoms with E-state index in [0.717, 1.165) is 8.95 Å². The van der Waals surface area contributed by atoms with Crippen LogP contribution in [0.15, 0.2) is 55.6 Å². The zero-order valence-electron chi connectivity index (χ0n) is 12.6. The van der Waals surface area contributed by atoms with E-state index in [1.54, 1.807) is 22.8 Å². The molecule has 9 heteroatoms. The van der Waals surface area contributed by atoms with Crippen molar-refractivity contribution in [3.05, 3.63) is 56.7 Å². The van der Waals surface area contributed by atoms with Crippen molar-refractivity contribution in [1.82, 2.24) is 4.57 Å². The van der Waals surface area contributed by atoms with Crippen LogP contribution in [0.25, 0.3) is 10.9 Å². The van der Waals surface area contributed by atoms with E-state index in [2.05, 4.69) is 42.1 Å². The highest BCUT2D eigenvalue weighted by molar-refractivity contribution is 9.11. The molecular weight excluding hydrogens is 475 g/mol. The number of aromatic hydroxyl groups is 1. The minimum Gasteiger partial charge on any atom is -0.493 e. The molecule has 0 saturated carbocycles. The van der Waals surface area contributed by atoms with Crippen LogP contribution >= 0.6 is 44.1 Å². The fourth-order valence-electron chi connectivity index (χ4n) is 2.54. The molecule has 0 bridgehead atoms. The van der Waals surface area contributed by atoms with Gasteiger partial charge < -0.3 is 15.4 Å². The van der Waals surface area contributed by atoms with Gasteiger partial charge in [-0.05, 0) is 58.0 Å². The Morgan fingerprint density at radius 2 is 2.04 bits per heavy atom. The molecule has 25 heavy (non-hydrogen) atoms. The molecule has 128 valence electrons. The molecule has 1 heterocycles. The van der Waals surface area contributed by atoms with Gasteiger partial charge in [0.1, 0.15) is 5.82 Å². The highest BCUT2D eigenvalue weighted by Crippen LogP contribution is 2.43. The van der Waals surface area contributed by atoms with E-state index in [-0.39, 0.29) is 29.0 Å². The average Bonchev–Trinajstić information content (AvgIpc) is 2.77. The van der Waals surface area contributed by atoms with Crippen molar-refractivity contribution in [1.29, 1.82) is 0 Å². The van der Waals surface area contributed by atoms with Crippen LogP contribution in [0.1, 0.15) is 5.56 Å². The SMILES string of the molecule is NC(=S)N=Nc1c(O)n(Cc2cccc(F)c2)c2c(Br)cc(Br)cc12. The van der Waals surface area contributed by atoms with Crippen molar-refractivity contribution < 1.29 is 9.50 Å². The normalized spacial score (nSPS) is 11.5. The lowest BCUT2D eigenvalue weighted by Gasteiger charge is -2.08. The first-order valence-electron chi connectivity index (χ1n) is 7.02. The average molecular weight is 486 g/mol. The number of benzene rings is 2. The molecular formula is C16H11Br2FN4OS. The van der Waals surface area contributed by atoms with Gasteiger partial charge in [0.05, 0.1) is 12.1 Å². The Labute approximate surface area is 164 Å². The first-order valence-corrected chi connectivity index (χ1v) is 9.02. The molecule has 5 nitrogen and oxygen atoms in total. The van der Waals surface area contributed by atoms with E-state index in [1.807, 2.05) is 6.07 Å². The number of thiocarbonyl (C=S) groups is 1. The molecule has 0 aliphatic carbocycles. The lowest BCUT2D eigenvalue weighted by Crippen LogP contribution is -2.01. The Balaban J connectivity index is 2.24. The third kappa shape index (κ3) is 3.73. The third-order valence-electron chi connectivity index (χ3n) is 3.50. The molecule has 0 saturated heterocycles. The number of fused-ring (bicyclic) bond motifs is 1. The van der Waals surface area contributed by atoms with Crippen molar-refractivity contribution in [2.75, 3.05) is 0 Å². The fraction of sp³-hybridized carbons (Fsp3) is 0.0625. The molecule has 0 spiro atoms. The number of nitrogens with two attached hydrogens (primary N) is 1. The van der Waals surface area contributed by atoms with Gasteiger partial charge in [-0.3, -0.25) is 0 Å². The van der Waals surface area contributed by atoms with E-state index in [9.17, 15) is 9.50 Å². The van der Waals surface area contributed by atoms with Crippen LogP contribution in [0.3, 0.4) is 0 Å². The smallest absolute Gasteiger partial charge is 0.221 e. The number of hydrogen-bond donors (Lipinski definition) is 2. The lowest BCUT2D eigenvalue weighted by molar-refractivity contribution is 0.429. The molecule has 1 aromatic heterocycles. The predicted molar refractivity (Wildman–Crippen MR) is 106 cm³/mol. The predicted octanol–water partition coefficient (Wildman–Crippen LogP) is 5.39. The monoisotopic (exact) mass is 484 g/mol. The highest BCUT2D eigenvalue weighted by atomic mass is 79.9. The molecule has 0 amide bonds. The zero-order chi connectivity index (χ0) is 18.1. The number of hydrogen-bond acceptors (Lipinski definition) is 3. The van der Waals surface area contributed by atoms with E-state index in [4.69, 9.17) is 18.0 Å². The van der Waals surface area contributed by atoms with Crippen LogP contribution in [-0.4, -0.2) is 14.8 Å². The van der Waals surface area contributed by atoms with Gasteiger partial charge in [0.25, 0.3) is 0 Å². The van der Waals surface area contributed by atoms with Gasteiger partial charge in [0.2, 0.25) is 11.0 Å². The number of azo groups is 1. The van der Waals surface area contributed by atoms with Gasteiger partial charge >= 0.3 is 0 Å². The van der Waals surface area contributed by atoms with Crippen molar-refractivity contribution >= 4 is 65.8 Å². The molecule has 3 aromatic rings. The van der Waals surface area contributed by atoms with E-state index >= 15 is 0 Å². The second kappa shape index (κ2) is 7.19. The molecule has 2 aromatic carbocycles. The molecule has 0 unspecified atom stereocenters. The minimum absolute atomic E-state index is 0.113. The van der Waals surface area contributed by atoms with Gasteiger partial charge in [-0.25, -0.2) is 4.39 Å². The first-order chi connectivity index (χ1) is 11.9. The Kier molecular flexibility index (Phi) is 5.16. The summed E-state index contributed by atoms with van der Waals surface area (Å²) in [6, 6.07) is 9.82. The Hall–Kier alpha value is -1.84. The summed E-state index contributed by atoms with van der Waals surface area (Å²) in [5.74, 6) is -0.457. The fourth-order valence-corrected chi connectivity index (χ4v) is 4.02. The number of halogens is 3. The van der Waals surface area contributed by atoms with Crippen molar-refractivity contribution in [3.63, 3.8) is 0 Å². The Morgan fingerprint density at radius 3 is 2.72 bits per heavy atom. The number of nitrogens with zero attached hydrogens (tertiary/aromatic N) is 3. The van der Waals surface area contributed by atoms with Gasteiger partial charge in [-0.15, -0.1) is 10.2 Å². The summed E-state index contributed by atoms with van der Waals surface area (Å²) in [6.07, 6.45) is 0. The maximum absolute atomic E-state index is 13.5. The molecule has 0 atom stereocenters. The standard InChI is InChI=1S/C16H11Br2FN4OS/c17-9-5-11-13(21-22-16(20)25)15(24)23(14(11)12(18)6-9)7-8-2-1-3-10(19)4-8/h1-6,24H,7H2,(H2,20,25). The maximum atomic E-state index is 13.5. The highest BCUT2D eigenvalue weighted by Gasteiger charge is 2.20. The first kappa shape index (κ1) is 18.0. The summed E-state index contributed by atoms with van der Waals surface area (Å²) in [5, 5.41) is 18.8. The maximum Gasteiger partial charge on any atom is 0.221 e. The van der Waals surface area contributed by atoms with Gasteiger partial charge in [-0.2, -0.15) is 0 Å². The van der Waals surface area contributed by atoms with E-state index < -0.39 is 0 Å². The summed E-state index contributed by atoms with van der Waals surface area (Å²) in [6.45, 7) is 0.253. The largest absolute Gasteiger partial charge is 0.493 e. The van der Waals surface area contributed by atoms with Gasteiger partial charge in [0, 0.05) is 14.3 Å². The molecule has 0 aliphatic heterocycles. The second-order valence-corrected chi connectivity index (χ2v) is 7.40. The molecule has 3 N–H and O–H groups in total. The van der Waals surface area contributed by atoms with Crippen molar-refractivity contribution in [3.8, 4) is 5.88 Å². The second-order valence-electron chi connectivity index (χ2n) is 5.21.